The molecule has 3 rings (SSSR count). The van der Waals surface area contributed by atoms with Gasteiger partial charge in [0.25, 0.3) is 5.89 Å². The minimum Gasteiger partial charge on any atom is -0.497 e. The van der Waals surface area contributed by atoms with Gasteiger partial charge in [-0.3, -0.25) is 4.98 Å². The van der Waals surface area contributed by atoms with E-state index in [1.54, 1.807) is 13.3 Å². The number of benzene rings is 1. The van der Waals surface area contributed by atoms with Crippen molar-refractivity contribution >= 4 is 0 Å². The summed E-state index contributed by atoms with van der Waals surface area (Å²) in [5.41, 5.74) is 2.66. The zero-order valence-corrected chi connectivity index (χ0v) is 11.2. The summed E-state index contributed by atoms with van der Waals surface area (Å²) in [5.74, 6) is 1.83. The van der Waals surface area contributed by atoms with Crippen LogP contribution < -0.4 is 4.74 Å². The molecule has 0 unspecified atom stereocenters. The van der Waals surface area contributed by atoms with Gasteiger partial charge in [-0.05, 0) is 43.3 Å². The number of rotatable bonds is 3. The molecule has 0 aliphatic carbocycles. The van der Waals surface area contributed by atoms with E-state index >= 15 is 0 Å². The molecule has 0 saturated heterocycles. The van der Waals surface area contributed by atoms with Crippen molar-refractivity contribution in [3.05, 3.63) is 48.3 Å². The van der Waals surface area contributed by atoms with Crippen molar-refractivity contribution in [2.45, 2.75) is 6.92 Å². The van der Waals surface area contributed by atoms with Crippen LogP contribution in [0, 0.1) is 6.92 Å². The normalized spacial score (nSPS) is 10.5. The summed E-state index contributed by atoms with van der Waals surface area (Å²) in [6.07, 6.45) is 1.72. The summed E-state index contributed by atoms with van der Waals surface area (Å²) >= 11 is 0. The monoisotopic (exact) mass is 267 g/mol. The zero-order valence-electron chi connectivity index (χ0n) is 11.2. The Hall–Kier alpha value is -2.69. The van der Waals surface area contributed by atoms with Gasteiger partial charge in [-0.25, -0.2) is 0 Å². The molecule has 20 heavy (non-hydrogen) atoms. The van der Waals surface area contributed by atoms with E-state index in [0.717, 1.165) is 22.6 Å². The van der Waals surface area contributed by atoms with E-state index in [4.69, 9.17) is 9.26 Å². The van der Waals surface area contributed by atoms with Gasteiger partial charge in [0.2, 0.25) is 5.82 Å². The molecular formula is C15H13N3O2. The average molecular weight is 267 g/mol. The van der Waals surface area contributed by atoms with Crippen LogP contribution in [0.25, 0.3) is 22.8 Å². The van der Waals surface area contributed by atoms with Crippen LogP contribution in [0.3, 0.4) is 0 Å². The Bertz CT molecular complexity index is 720. The quantitative estimate of drug-likeness (QED) is 0.729. The second-order valence-electron chi connectivity index (χ2n) is 4.34. The van der Waals surface area contributed by atoms with Crippen LogP contribution in [-0.2, 0) is 0 Å². The van der Waals surface area contributed by atoms with Crippen LogP contribution in [-0.4, -0.2) is 22.2 Å². The van der Waals surface area contributed by atoms with E-state index < -0.39 is 0 Å². The molecule has 3 aromatic rings. The molecule has 1 aromatic carbocycles. The van der Waals surface area contributed by atoms with E-state index in [2.05, 4.69) is 15.1 Å². The molecule has 2 heterocycles. The lowest BCUT2D eigenvalue weighted by Gasteiger charge is -1.99. The molecule has 0 N–H and O–H groups in total. The van der Waals surface area contributed by atoms with Gasteiger partial charge in [0.15, 0.2) is 0 Å². The van der Waals surface area contributed by atoms with Crippen LogP contribution in [0.4, 0.5) is 0 Å². The van der Waals surface area contributed by atoms with E-state index in [1.165, 1.54) is 0 Å². The van der Waals surface area contributed by atoms with Crippen molar-refractivity contribution in [3.63, 3.8) is 0 Å². The first-order valence-corrected chi connectivity index (χ1v) is 6.17. The highest BCUT2D eigenvalue weighted by molar-refractivity contribution is 5.60. The maximum atomic E-state index is 5.30. The number of hydrogen-bond donors (Lipinski definition) is 0. The van der Waals surface area contributed by atoms with Crippen molar-refractivity contribution in [2.24, 2.45) is 0 Å². The third-order valence-corrected chi connectivity index (χ3v) is 2.92. The Morgan fingerprint density at radius 1 is 1.05 bits per heavy atom. The lowest BCUT2D eigenvalue weighted by atomic mass is 10.2. The van der Waals surface area contributed by atoms with Gasteiger partial charge in [0, 0.05) is 23.0 Å². The molecule has 0 bridgehead atoms. The predicted molar refractivity (Wildman–Crippen MR) is 74.3 cm³/mol. The molecule has 0 radical (unpaired) electrons. The number of hydrogen-bond acceptors (Lipinski definition) is 5. The Balaban J connectivity index is 1.93. The van der Waals surface area contributed by atoms with Gasteiger partial charge in [0.1, 0.15) is 5.75 Å². The molecule has 100 valence electrons. The first kappa shape index (κ1) is 12.3. The van der Waals surface area contributed by atoms with Crippen LogP contribution in [0.1, 0.15) is 5.69 Å². The van der Waals surface area contributed by atoms with Crippen molar-refractivity contribution in [2.75, 3.05) is 7.11 Å². The Labute approximate surface area is 116 Å². The highest BCUT2D eigenvalue weighted by Crippen LogP contribution is 2.23. The van der Waals surface area contributed by atoms with Crippen molar-refractivity contribution in [1.29, 1.82) is 0 Å². The molecule has 0 aliphatic rings. The maximum Gasteiger partial charge on any atom is 0.258 e. The largest absolute Gasteiger partial charge is 0.497 e. The summed E-state index contributed by atoms with van der Waals surface area (Å²) in [5, 5.41) is 4.00. The van der Waals surface area contributed by atoms with E-state index in [9.17, 15) is 0 Å². The van der Waals surface area contributed by atoms with E-state index in [1.807, 2.05) is 43.3 Å². The fourth-order valence-electron chi connectivity index (χ4n) is 1.88. The molecule has 5 nitrogen and oxygen atoms in total. The molecule has 0 aliphatic heterocycles. The van der Waals surface area contributed by atoms with Crippen LogP contribution in [0.15, 0.2) is 47.1 Å². The summed E-state index contributed by atoms with van der Waals surface area (Å²) in [6.45, 7) is 1.92. The SMILES string of the molecule is COc1ccc(-c2noc(-c3ccnc(C)c3)n2)cc1. The van der Waals surface area contributed by atoms with Gasteiger partial charge in [-0.15, -0.1) is 0 Å². The molecule has 0 amide bonds. The van der Waals surface area contributed by atoms with Crippen molar-refractivity contribution in [1.82, 2.24) is 15.1 Å². The van der Waals surface area contributed by atoms with Crippen molar-refractivity contribution in [3.8, 4) is 28.6 Å². The third-order valence-electron chi connectivity index (χ3n) is 2.92. The predicted octanol–water partition coefficient (Wildman–Crippen LogP) is 3.12. The second-order valence-corrected chi connectivity index (χ2v) is 4.34. The van der Waals surface area contributed by atoms with E-state index in [0.29, 0.717) is 11.7 Å². The van der Waals surface area contributed by atoms with Crippen molar-refractivity contribution < 1.29 is 9.26 Å². The minimum absolute atomic E-state index is 0.487. The molecule has 0 fully saturated rings. The second kappa shape index (κ2) is 5.13. The fourth-order valence-corrected chi connectivity index (χ4v) is 1.88. The van der Waals surface area contributed by atoms with Gasteiger partial charge in [-0.1, -0.05) is 5.16 Å². The molecular weight excluding hydrogens is 254 g/mol. The number of methoxy groups -OCH3 is 1. The Morgan fingerprint density at radius 2 is 1.85 bits per heavy atom. The van der Waals surface area contributed by atoms with Gasteiger partial charge < -0.3 is 9.26 Å². The number of ether oxygens (including phenoxy) is 1. The summed E-state index contributed by atoms with van der Waals surface area (Å²) < 4.78 is 10.4. The van der Waals surface area contributed by atoms with Gasteiger partial charge in [0.05, 0.1) is 7.11 Å². The highest BCUT2D eigenvalue weighted by Gasteiger charge is 2.10. The fraction of sp³-hybridized carbons (Fsp3) is 0.133. The first-order valence-electron chi connectivity index (χ1n) is 6.17. The van der Waals surface area contributed by atoms with Crippen LogP contribution >= 0.6 is 0 Å². The summed E-state index contributed by atoms with van der Waals surface area (Å²) in [7, 11) is 1.63. The Kier molecular flexibility index (Phi) is 3.16. The number of aromatic nitrogens is 3. The van der Waals surface area contributed by atoms with E-state index in [-0.39, 0.29) is 0 Å². The lowest BCUT2D eigenvalue weighted by Crippen LogP contribution is -1.85. The number of nitrogens with zero attached hydrogens (tertiary/aromatic N) is 3. The molecule has 0 saturated carbocycles. The maximum absolute atomic E-state index is 5.30. The standard InChI is InChI=1S/C15H13N3O2/c1-10-9-12(7-8-16-10)15-17-14(18-20-15)11-3-5-13(19-2)6-4-11/h3-9H,1-2H3. The molecule has 2 aromatic heterocycles. The minimum atomic E-state index is 0.487. The topological polar surface area (TPSA) is 61.0 Å². The third kappa shape index (κ3) is 2.38. The summed E-state index contributed by atoms with van der Waals surface area (Å²) in [4.78, 5) is 8.55. The molecule has 5 heteroatoms. The van der Waals surface area contributed by atoms with Crippen LogP contribution in [0.2, 0.25) is 0 Å². The number of aryl methyl sites for hydroxylation is 1. The number of pyridine rings is 1. The lowest BCUT2D eigenvalue weighted by molar-refractivity contribution is 0.415. The van der Waals surface area contributed by atoms with Gasteiger partial charge >= 0.3 is 0 Å². The smallest absolute Gasteiger partial charge is 0.258 e. The zero-order chi connectivity index (χ0) is 13.9. The molecule has 0 atom stereocenters. The highest BCUT2D eigenvalue weighted by atomic mass is 16.5. The van der Waals surface area contributed by atoms with Gasteiger partial charge in [-0.2, -0.15) is 4.98 Å². The molecule has 0 spiro atoms. The van der Waals surface area contributed by atoms with Crippen LogP contribution in [0.5, 0.6) is 5.75 Å². The first-order chi connectivity index (χ1) is 9.76. The average Bonchev–Trinajstić information content (AvgIpc) is 2.97. The summed E-state index contributed by atoms with van der Waals surface area (Å²) in [6, 6.07) is 11.3. The Morgan fingerprint density at radius 3 is 2.55 bits per heavy atom.